The van der Waals surface area contributed by atoms with E-state index in [4.69, 9.17) is 4.74 Å². The molecule has 0 aliphatic carbocycles. The highest BCUT2D eigenvalue weighted by atomic mass is 32.2. The smallest absolute Gasteiger partial charge is 0.242 e. The molecule has 7 nitrogen and oxygen atoms in total. The van der Waals surface area contributed by atoms with Crippen LogP contribution in [0.5, 0.6) is 5.75 Å². The van der Waals surface area contributed by atoms with Gasteiger partial charge in [-0.05, 0) is 44.1 Å². The number of nitrogens with zero attached hydrogens (tertiary/aromatic N) is 2. The van der Waals surface area contributed by atoms with Crippen molar-refractivity contribution in [2.45, 2.75) is 30.6 Å². The minimum Gasteiger partial charge on any atom is -0.495 e. The molecule has 1 N–H and O–H groups in total. The average molecular weight is 369 g/mol. The van der Waals surface area contributed by atoms with Gasteiger partial charge in [0.15, 0.2) is 0 Å². The first-order valence-corrected chi connectivity index (χ1v) is 9.91. The summed E-state index contributed by atoms with van der Waals surface area (Å²) in [5.41, 5.74) is 0.366. The minimum atomic E-state index is -3.58. The highest BCUT2D eigenvalue weighted by Gasteiger charge is 2.20. The molecule has 140 valence electrons. The second kappa shape index (κ2) is 8.64. The summed E-state index contributed by atoms with van der Waals surface area (Å²) < 4.78 is 31.0. The van der Waals surface area contributed by atoms with Crippen molar-refractivity contribution >= 4 is 21.6 Å². The van der Waals surface area contributed by atoms with Crippen molar-refractivity contribution in [3.63, 3.8) is 0 Å². The highest BCUT2D eigenvalue weighted by molar-refractivity contribution is 7.89. The Kier molecular flexibility index (Phi) is 6.80. The summed E-state index contributed by atoms with van der Waals surface area (Å²) in [6, 6.07) is 4.46. The van der Waals surface area contributed by atoms with Crippen LogP contribution in [0.1, 0.15) is 25.7 Å². The number of ether oxygens (including phenoxy) is 1. The van der Waals surface area contributed by atoms with E-state index in [9.17, 15) is 13.2 Å². The first kappa shape index (κ1) is 19.7. The summed E-state index contributed by atoms with van der Waals surface area (Å²) >= 11 is 0. The molecule has 8 heteroatoms. The van der Waals surface area contributed by atoms with Crippen LogP contribution in [0.2, 0.25) is 0 Å². The molecule has 1 saturated heterocycles. The SMILES string of the molecule is COc1ccc(S(=O)(=O)N(C)C)cc1NC(=O)CN1CCCCCC1. The van der Waals surface area contributed by atoms with Gasteiger partial charge in [-0.3, -0.25) is 9.69 Å². The summed E-state index contributed by atoms with van der Waals surface area (Å²) in [5.74, 6) is 0.265. The molecule has 1 fully saturated rings. The number of anilines is 1. The number of carbonyl (C=O) groups excluding carboxylic acids is 1. The Balaban J connectivity index is 2.15. The van der Waals surface area contributed by atoms with Crippen LogP contribution in [-0.4, -0.2) is 64.4 Å². The molecule has 0 aromatic heterocycles. The van der Waals surface area contributed by atoms with E-state index in [1.807, 2.05) is 0 Å². The van der Waals surface area contributed by atoms with E-state index in [0.29, 0.717) is 18.0 Å². The number of rotatable bonds is 6. The molecule has 0 radical (unpaired) electrons. The summed E-state index contributed by atoms with van der Waals surface area (Å²) in [5, 5.41) is 2.79. The van der Waals surface area contributed by atoms with E-state index < -0.39 is 10.0 Å². The van der Waals surface area contributed by atoms with Gasteiger partial charge in [0.05, 0.1) is 24.2 Å². The first-order valence-electron chi connectivity index (χ1n) is 8.47. The Morgan fingerprint density at radius 1 is 1.20 bits per heavy atom. The van der Waals surface area contributed by atoms with Gasteiger partial charge in [0, 0.05) is 14.1 Å². The van der Waals surface area contributed by atoms with Crippen molar-refractivity contribution in [1.82, 2.24) is 9.21 Å². The van der Waals surface area contributed by atoms with Gasteiger partial charge in [-0.25, -0.2) is 12.7 Å². The monoisotopic (exact) mass is 369 g/mol. The maximum atomic E-state index is 12.4. The van der Waals surface area contributed by atoms with Crippen LogP contribution in [0, 0.1) is 0 Å². The molecular formula is C17H27N3O4S. The molecule has 1 heterocycles. The van der Waals surface area contributed by atoms with Gasteiger partial charge in [0.2, 0.25) is 15.9 Å². The lowest BCUT2D eigenvalue weighted by Crippen LogP contribution is -2.34. The molecule has 1 aromatic rings. The van der Waals surface area contributed by atoms with Crippen LogP contribution in [-0.2, 0) is 14.8 Å². The molecule has 1 aromatic carbocycles. The zero-order valence-electron chi connectivity index (χ0n) is 15.1. The molecule has 0 saturated carbocycles. The van der Waals surface area contributed by atoms with Crippen LogP contribution in [0.3, 0.4) is 0 Å². The van der Waals surface area contributed by atoms with E-state index in [1.54, 1.807) is 6.07 Å². The van der Waals surface area contributed by atoms with Crippen LogP contribution >= 0.6 is 0 Å². The predicted molar refractivity (Wildman–Crippen MR) is 97.4 cm³/mol. The Bertz CT molecular complexity index is 696. The van der Waals surface area contributed by atoms with Crippen molar-refractivity contribution in [3.8, 4) is 5.75 Å². The van der Waals surface area contributed by atoms with Gasteiger partial charge in [0.1, 0.15) is 5.75 Å². The van der Waals surface area contributed by atoms with Gasteiger partial charge in [-0.15, -0.1) is 0 Å². The first-order chi connectivity index (χ1) is 11.8. The Morgan fingerprint density at radius 3 is 2.40 bits per heavy atom. The molecule has 0 unspecified atom stereocenters. The number of amides is 1. The van der Waals surface area contributed by atoms with Crippen LogP contribution in [0.25, 0.3) is 0 Å². The Labute approximate surface area is 150 Å². The topological polar surface area (TPSA) is 79.0 Å². The third-order valence-corrected chi connectivity index (χ3v) is 6.10. The zero-order chi connectivity index (χ0) is 18.4. The largest absolute Gasteiger partial charge is 0.495 e. The third-order valence-electron chi connectivity index (χ3n) is 4.29. The molecule has 25 heavy (non-hydrogen) atoms. The maximum absolute atomic E-state index is 12.4. The summed E-state index contributed by atoms with van der Waals surface area (Å²) in [7, 11) is 0.849. The zero-order valence-corrected chi connectivity index (χ0v) is 15.9. The van der Waals surface area contributed by atoms with Crippen molar-refractivity contribution < 1.29 is 17.9 Å². The van der Waals surface area contributed by atoms with Gasteiger partial charge >= 0.3 is 0 Å². The Hall–Kier alpha value is -1.64. The minimum absolute atomic E-state index is 0.114. The molecule has 1 aliphatic heterocycles. The lowest BCUT2D eigenvalue weighted by molar-refractivity contribution is -0.117. The van der Waals surface area contributed by atoms with Gasteiger partial charge in [-0.1, -0.05) is 12.8 Å². The fourth-order valence-electron chi connectivity index (χ4n) is 2.84. The van der Waals surface area contributed by atoms with E-state index in [2.05, 4.69) is 10.2 Å². The van der Waals surface area contributed by atoms with E-state index in [-0.39, 0.29) is 10.8 Å². The molecular weight excluding hydrogens is 342 g/mol. The normalized spacial score (nSPS) is 16.5. The van der Waals surface area contributed by atoms with Crippen molar-refractivity contribution in [2.24, 2.45) is 0 Å². The standard InChI is InChI=1S/C17H27N3O4S/c1-19(2)25(22,23)14-8-9-16(24-3)15(12-14)18-17(21)13-20-10-6-4-5-7-11-20/h8-9,12H,4-7,10-11,13H2,1-3H3,(H,18,21). The number of methoxy groups -OCH3 is 1. The Morgan fingerprint density at radius 2 is 1.84 bits per heavy atom. The number of sulfonamides is 1. The lowest BCUT2D eigenvalue weighted by Gasteiger charge is -2.20. The van der Waals surface area contributed by atoms with Crippen molar-refractivity contribution in [2.75, 3.05) is 46.2 Å². The third kappa shape index (κ3) is 5.17. The molecule has 1 aliphatic rings. The fraction of sp³-hybridized carbons (Fsp3) is 0.588. The van der Waals surface area contributed by atoms with Crippen LogP contribution < -0.4 is 10.1 Å². The lowest BCUT2D eigenvalue weighted by atomic mass is 10.2. The average Bonchev–Trinajstić information content (AvgIpc) is 2.83. The molecule has 2 rings (SSSR count). The number of nitrogens with one attached hydrogen (secondary N) is 1. The van der Waals surface area contributed by atoms with Crippen molar-refractivity contribution in [3.05, 3.63) is 18.2 Å². The fourth-order valence-corrected chi connectivity index (χ4v) is 3.77. The van der Waals surface area contributed by atoms with E-state index in [0.717, 1.165) is 30.2 Å². The molecule has 0 atom stereocenters. The van der Waals surface area contributed by atoms with Gasteiger partial charge in [-0.2, -0.15) is 0 Å². The van der Waals surface area contributed by atoms with Gasteiger partial charge in [0.25, 0.3) is 0 Å². The predicted octanol–water partition coefficient (Wildman–Crippen LogP) is 1.76. The number of hydrogen-bond donors (Lipinski definition) is 1. The van der Waals surface area contributed by atoms with Gasteiger partial charge < -0.3 is 10.1 Å². The maximum Gasteiger partial charge on any atom is 0.242 e. The van der Waals surface area contributed by atoms with E-state index in [1.165, 1.54) is 46.2 Å². The second-order valence-corrected chi connectivity index (χ2v) is 8.54. The second-order valence-electron chi connectivity index (χ2n) is 6.39. The number of hydrogen-bond acceptors (Lipinski definition) is 5. The summed E-state index contributed by atoms with van der Waals surface area (Å²) in [6.45, 7) is 2.13. The highest BCUT2D eigenvalue weighted by Crippen LogP contribution is 2.28. The van der Waals surface area contributed by atoms with E-state index >= 15 is 0 Å². The molecule has 0 spiro atoms. The van der Waals surface area contributed by atoms with Crippen LogP contribution in [0.15, 0.2) is 23.1 Å². The van der Waals surface area contributed by atoms with Crippen molar-refractivity contribution in [1.29, 1.82) is 0 Å². The number of carbonyl (C=O) groups is 1. The number of likely N-dealkylation sites (tertiary alicyclic amines) is 1. The molecule has 1 amide bonds. The molecule has 0 bridgehead atoms. The summed E-state index contributed by atoms with van der Waals surface area (Å²) in [6.07, 6.45) is 4.62. The quantitative estimate of drug-likeness (QED) is 0.827. The number of benzene rings is 1. The van der Waals surface area contributed by atoms with Crippen LogP contribution in [0.4, 0.5) is 5.69 Å². The summed E-state index contributed by atoms with van der Waals surface area (Å²) in [4.78, 5) is 14.6.